The van der Waals surface area contributed by atoms with Gasteiger partial charge in [0.25, 0.3) is 0 Å². The summed E-state index contributed by atoms with van der Waals surface area (Å²) in [5.74, 6) is 1.06. The Kier molecular flexibility index (Phi) is 13.0. The number of pyridine rings is 1. The molecule has 0 atom stereocenters. The molecule has 3 heterocycles. The summed E-state index contributed by atoms with van der Waals surface area (Å²) in [6.07, 6.45) is 2.09. The summed E-state index contributed by atoms with van der Waals surface area (Å²) in [5.41, 5.74) is 13.3. The normalized spacial score (nSPS) is 12.7. The SMILES string of the molecule is CC(C)c1cc(-c2[c-]cccc2)ncc1[Si](C)(C)C.[2H]c1c([2H])c(-c2ccc(-c3ccc(C(C)(C)C)cc3)cc2)c2c(nc(-c3[c-]ccc4c3oc3cc5c(ccc6ccccc65)cc34)n2-c2ccc(C(C)(C)C)cc2)c1[2H].[Ir]. The number of aromatic nitrogens is 3. The van der Waals surface area contributed by atoms with E-state index in [2.05, 4.69) is 220 Å². The Hall–Kier alpha value is -7.21. The molecule has 0 aliphatic rings. The minimum atomic E-state index is -1.34. The fourth-order valence-corrected chi connectivity index (χ4v) is 12.0. The van der Waals surface area contributed by atoms with E-state index in [0.717, 1.165) is 60.8 Å². The topological polar surface area (TPSA) is 43.9 Å². The van der Waals surface area contributed by atoms with E-state index in [4.69, 9.17) is 10.8 Å². The average Bonchev–Trinajstić information content (AvgIpc) is 4.20. The monoisotopic (exact) mass is 1190 g/mol. The molecular formula is C70H65IrN3OSi-2. The van der Waals surface area contributed by atoms with Gasteiger partial charge in [-0.1, -0.05) is 207 Å². The Balaban J connectivity index is 0.000000299. The molecule has 6 heteroatoms. The minimum absolute atomic E-state index is 0. The van der Waals surface area contributed by atoms with Crippen molar-refractivity contribution in [3.05, 3.63) is 217 Å². The van der Waals surface area contributed by atoms with Gasteiger partial charge in [-0.2, -0.15) is 0 Å². The number of benzene rings is 9. The fraction of sp³-hybridized carbons (Fsp3) is 0.200. The molecule has 0 saturated heterocycles. The second-order valence-electron chi connectivity index (χ2n) is 23.3. The molecule has 0 fully saturated rings. The van der Waals surface area contributed by atoms with Crippen LogP contribution >= 0.6 is 0 Å². The van der Waals surface area contributed by atoms with E-state index in [1.165, 1.54) is 32.6 Å². The Bertz CT molecular complexity index is 4240. The van der Waals surface area contributed by atoms with Crippen LogP contribution in [0.1, 0.15) is 82.1 Å². The van der Waals surface area contributed by atoms with Gasteiger partial charge in [-0.15, -0.1) is 54.1 Å². The Morgan fingerprint density at radius 3 is 1.92 bits per heavy atom. The zero-order valence-corrected chi connectivity index (χ0v) is 48.7. The molecule has 1 radical (unpaired) electrons. The van der Waals surface area contributed by atoms with Crippen molar-refractivity contribution in [1.29, 1.82) is 0 Å². The van der Waals surface area contributed by atoms with Crippen LogP contribution in [0.25, 0.3) is 105 Å². The minimum Gasteiger partial charge on any atom is -0.501 e. The summed E-state index contributed by atoms with van der Waals surface area (Å²) >= 11 is 0. The van der Waals surface area contributed by atoms with Crippen molar-refractivity contribution in [3.8, 4) is 50.6 Å². The van der Waals surface area contributed by atoms with E-state index in [1.54, 1.807) is 0 Å². The second kappa shape index (κ2) is 20.4. The summed E-state index contributed by atoms with van der Waals surface area (Å²) < 4.78 is 36.5. The second-order valence-corrected chi connectivity index (χ2v) is 28.3. The van der Waals surface area contributed by atoms with Gasteiger partial charge < -0.3 is 14.0 Å². The van der Waals surface area contributed by atoms with Crippen molar-refractivity contribution in [2.24, 2.45) is 0 Å². The molecule has 0 unspecified atom stereocenters. The summed E-state index contributed by atoms with van der Waals surface area (Å²) in [6.45, 7) is 24.9. The third kappa shape index (κ3) is 10.0. The first kappa shape index (κ1) is 48.4. The number of furan rings is 1. The summed E-state index contributed by atoms with van der Waals surface area (Å²) in [4.78, 5) is 9.87. The quantitative estimate of drug-likeness (QED) is 0.0907. The van der Waals surface area contributed by atoms with Crippen LogP contribution in [0.2, 0.25) is 19.6 Å². The van der Waals surface area contributed by atoms with Crippen LogP contribution in [0.5, 0.6) is 0 Å². The Morgan fingerprint density at radius 1 is 0.618 bits per heavy atom. The molecular weight excluding hydrogens is 1120 g/mol. The number of fused-ring (bicyclic) bond motifs is 7. The van der Waals surface area contributed by atoms with Gasteiger partial charge in [0.05, 0.1) is 34.6 Å². The number of imidazole rings is 1. The van der Waals surface area contributed by atoms with Crippen LogP contribution in [-0.2, 0) is 30.9 Å². The molecule has 4 nitrogen and oxygen atoms in total. The number of rotatable bonds is 7. The first-order valence-corrected chi connectivity index (χ1v) is 29.7. The average molecular weight is 1190 g/mol. The largest absolute Gasteiger partial charge is 0.501 e. The fourth-order valence-electron chi connectivity index (χ4n) is 10.4. The zero-order chi connectivity index (χ0) is 55.0. The summed E-state index contributed by atoms with van der Waals surface area (Å²) in [6, 6.07) is 63.0. The van der Waals surface area contributed by atoms with Gasteiger partial charge >= 0.3 is 0 Å². The van der Waals surface area contributed by atoms with Crippen molar-refractivity contribution in [3.63, 3.8) is 0 Å². The molecule has 0 N–H and O–H groups in total. The van der Waals surface area contributed by atoms with Crippen LogP contribution in [0.3, 0.4) is 0 Å². The van der Waals surface area contributed by atoms with E-state index < -0.39 is 8.07 Å². The molecule has 381 valence electrons. The van der Waals surface area contributed by atoms with Crippen molar-refractivity contribution in [1.82, 2.24) is 14.5 Å². The molecule has 9 aromatic carbocycles. The number of para-hydroxylation sites is 1. The molecule has 76 heavy (non-hydrogen) atoms. The molecule has 12 aromatic rings. The van der Waals surface area contributed by atoms with Crippen LogP contribution in [0.15, 0.2) is 193 Å². The standard InChI is InChI=1S/C53H43N2O.C17H22NSi.Ir/c1-52(2,3)38-25-23-34(24-26-38)33-17-19-36(20-18-33)42-13-10-16-47-49(42)55(40-29-27-39(28-30-40)53(4,5)6)51(54-47)44-15-9-14-43-46-31-37-22-21-35-11-7-8-12-41(35)45(37)32-48(46)56-50(43)44;1-13(2)15-11-16(14-9-7-6-8-10-14)18-12-17(15)19(3,4)5;/h7-14,16-32H,1-6H3;6-9,11-13H,1-5H3;/q2*-1;/i10D,13D,16D;;. The predicted molar refractivity (Wildman–Crippen MR) is 321 cm³/mol. The van der Waals surface area contributed by atoms with E-state index in [1.807, 2.05) is 47.0 Å². The van der Waals surface area contributed by atoms with Crippen LogP contribution in [0.4, 0.5) is 0 Å². The maximum atomic E-state index is 9.40. The van der Waals surface area contributed by atoms with Crippen molar-refractivity contribution < 1.29 is 28.6 Å². The van der Waals surface area contributed by atoms with Gasteiger partial charge in [-0.25, -0.2) is 0 Å². The first-order valence-electron chi connectivity index (χ1n) is 27.7. The molecule has 0 aliphatic heterocycles. The maximum Gasteiger partial charge on any atom is 0.121 e. The van der Waals surface area contributed by atoms with Crippen LogP contribution < -0.4 is 5.19 Å². The van der Waals surface area contributed by atoms with E-state index in [-0.39, 0.29) is 49.1 Å². The predicted octanol–water partition coefficient (Wildman–Crippen LogP) is 18.8. The third-order valence-electron chi connectivity index (χ3n) is 14.6. The molecule has 0 bridgehead atoms. The number of hydrogen-bond donors (Lipinski definition) is 0. The number of hydrogen-bond acceptors (Lipinski definition) is 3. The van der Waals surface area contributed by atoms with Gasteiger partial charge in [-0.3, -0.25) is 4.98 Å². The molecule has 0 saturated carbocycles. The van der Waals surface area contributed by atoms with E-state index >= 15 is 0 Å². The molecule has 3 aromatic heterocycles. The summed E-state index contributed by atoms with van der Waals surface area (Å²) in [7, 11) is -1.34. The van der Waals surface area contributed by atoms with Gasteiger partial charge in [0, 0.05) is 42.9 Å². The van der Waals surface area contributed by atoms with Crippen LogP contribution in [-0.4, -0.2) is 22.6 Å². The van der Waals surface area contributed by atoms with Gasteiger partial charge in [0.2, 0.25) is 0 Å². The smallest absolute Gasteiger partial charge is 0.121 e. The number of nitrogens with zero attached hydrogens (tertiary/aromatic N) is 3. The van der Waals surface area contributed by atoms with Gasteiger partial charge in [0.15, 0.2) is 0 Å². The van der Waals surface area contributed by atoms with E-state index in [0.29, 0.717) is 39.5 Å². The molecule has 0 aliphatic carbocycles. The maximum absolute atomic E-state index is 9.40. The van der Waals surface area contributed by atoms with E-state index in [9.17, 15) is 2.74 Å². The first-order chi connectivity index (χ1) is 37.2. The zero-order valence-electron chi connectivity index (χ0n) is 48.3. The van der Waals surface area contributed by atoms with Crippen molar-refractivity contribution in [2.45, 2.75) is 91.8 Å². The Morgan fingerprint density at radius 2 is 1.26 bits per heavy atom. The molecule has 0 amide bonds. The molecule has 12 rings (SSSR count). The van der Waals surface area contributed by atoms with Gasteiger partial charge in [-0.05, 0) is 107 Å². The Labute approximate surface area is 467 Å². The van der Waals surface area contributed by atoms with Crippen molar-refractivity contribution >= 4 is 67.8 Å². The molecule has 0 spiro atoms. The van der Waals surface area contributed by atoms with Gasteiger partial charge in [0.1, 0.15) is 5.58 Å². The summed E-state index contributed by atoms with van der Waals surface area (Å²) in [5, 5.41) is 7.98. The van der Waals surface area contributed by atoms with Crippen LogP contribution in [0, 0.1) is 12.1 Å². The third-order valence-corrected chi connectivity index (χ3v) is 16.6. The van der Waals surface area contributed by atoms with Crippen molar-refractivity contribution in [2.75, 3.05) is 0 Å².